The van der Waals surface area contributed by atoms with E-state index in [4.69, 9.17) is 9.47 Å². The quantitative estimate of drug-likeness (QED) is 0.486. The Labute approximate surface area is 173 Å². The number of carbonyl (C=O) groups is 1. The van der Waals surface area contributed by atoms with Crippen molar-refractivity contribution in [3.63, 3.8) is 0 Å². The van der Waals surface area contributed by atoms with Gasteiger partial charge in [0.1, 0.15) is 18.2 Å². The van der Waals surface area contributed by atoms with Crippen LogP contribution in [0.5, 0.6) is 5.75 Å². The van der Waals surface area contributed by atoms with Gasteiger partial charge in [0.15, 0.2) is 0 Å². The van der Waals surface area contributed by atoms with Crippen molar-refractivity contribution >= 4 is 28.0 Å². The molecule has 0 fully saturated rings. The molecule has 0 bridgehead atoms. The summed E-state index contributed by atoms with van der Waals surface area (Å²) < 4.78 is 25.6. The predicted molar refractivity (Wildman–Crippen MR) is 112 cm³/mol. The van der Waals surface area contributed by atoms with Crippen molar-refractivity contribution in [3.8, 4) is 5.75 Å². The van der Waals surface area contributed by atoms with Crippen LogP contribution < -0.4 is 4.74 Å². The van der Waals surface area contributed by atoms with Crippen molar-refractivity contribution < 1.29 is 18.7 Å². The van der Waals surface area contributed by atoms with Crippen molar-refractivity contribution in [3.05, 3.63) is 69.0 Å². The molecule has 0 aromatic heterocycles. The number of halogens is 2. The summed E-state index contributed by atoms with van der Waals surface area (Å²) in [5.41, 5.74) is 4.01. The monoisotopic (exact) mass is 446 g/mol. The van der Waals surface area contributed by atoms with Gasteiger partial charge >= 0.3 is 5.97 Å². The van der Waals surface area contributed by atoms with E-state index >= 15 is 0 Å². The Morgan fingerprint density at radius 1 is 1.25 bits per heavy atom. The van der Waals surface area contributed by atoms with Gasteiger partial charge in [-0.05, 0) is 53.8 Å². The molecule has 1 aliphatic carbocycles. The van der Waals surface area contributed by atoms with Gasteiger partial charge in [0, 0.05) is 16.0 Å². The molecule has 2 aromatic carbocycles. The van der Waals surface area contributed by atoms with Gasteiger partial charge in [-0.25, -0.2) is 4.39 Å². The number of allylic oxidation sites excluding steroid dienone is 1. The molecule has 0 N–H and O–H groups in total. The Bertz CT molecular complexity index is 905. The van der Waals surface area contributed by atoms with Crippen LogP contribution in [0.15, 0.2) is 40.9 Å². The lowest BCUT2D eigenvalue weighted by atomic mass is 9.89. The van der Waals surface area contributed by atoms with E-state index in [1.165, 1.54) is 23.3 Å². The van der Waals surface area contributed by atoms with Crippen molar-refractivity contribution in [2.45, 2.75) is 39.7 Å². The van der Waals surface area contributed by atoms with Crippen molar-refractivity contribution in [1.82, 2.24) is 0 Å². The van der Waals surface area contributed by atoms with Gasteiger partial charge in [0.2, 0.25) is 0 Å². The van der Waals surface area contributed by atoms with E-state index in [0.717, 1.165) is 10.0 Å². The molecule has 148 valence electrons. The van der Waals surface area contributed by atoms with E-state index in [9.17, 15) is 9.18 Å². The highest BCUT2D eigenvalue weighted by Gasteiger charge is 2.23. The van der Waals surface area contributed by atoms with E-state index in [2.05, 4.69) is 48.0 Å². The lowest BCUT2D eigenvalue weighted by Gasteiger charge is -2.18. The average Bonchev–Trinajstić information content (AvgIpc) is 3.06. The van der Waals surface area contributed by atoms with Crippen LogP contribution in [0.1, 0.15) is 48.9 Å². The van der Waals surface area contributed by atoms with Crippen LogP contribution in [0.2, 0.25) is 0 Å². The molecule has 0 heterocycles. The minimum absolute atomic E-state index is 0.0197. The smallest absolute Gasteiger partial charge is 0.310 e. The summed E-state index contributed by atoms with van der Waals surface area (Å²) in [7, 11) is 0. The fourth-order valence-electron chi connectivity index (χ4n) is 3.47. The van der Waals surface area contributed by atoms with Crippen LogP contribution >= 0.6 is 15.9 Å². The second-order valence-electron chi connectivity index (χ2n) is 7.23. The third-order valence-corrected chi connectivity index (χ3v) is 5.48. The number of hydrogen-bond donors (Lipinski definition) is 0. The first kappa shape index (κ1) is 20.6. The second kappa shape index (κ2) is 8.91. The van der Waals surface area contributed by atoms with Crippen molar-refractivity contribution in [1.29, 1.82) is 0 Å². The molecule has 0 saturated carbocycles. The van der Waals surface area contributed by atoms with Gasteiger partial charge in [-0.3, -0.25) is 4.79 Å². The largest absolute Gasteiger partial charge is 0.489 e. The SMILES string of the molecule is CCOC(=O)Cc1cc(F)ccc1OCc1cc(Br)c2c(c1)C(C(C)C)C=C2. The lowest BCUT2D eigenvalue weighted by Crippen LogP contribution is -2.09. The van der Waals surface area contributed by atoms with Gasteiger partial charge in [-0.1, -0.05) is 48.0 Å². The van der Waals surface area contributed by atoms with E-state index in [1.807, 2.05) is 6.07 Å². The Kier molecular flexibility index (Phi) is 6.55. The van der Waals surface area contributed by atoms with Gasteiger partial charge in [0.05, 0.1) is 13.0 Å². The molecule has 3 rings (SSSR count). The van der Waals surface area contributed by atoms with Crippen LogP contribution in [0.3, 0.4) is 0 Å². The second-order valence-corrected chi connectivity index (χ2v) is 8.09. The van der Waals surface area contributed by atoms with Crippen LogP contribution in [0, 0.1) is 11.7 Å². The summed E-state index contributed by atoms with van der Waals surface area (Å²) in [6, 6.07) is 8.43. The van der Waals surface area contributed by atoms with Crippen LogP contribution in [0.4, 0.5) is 4.39 Å². The Morgan fingerprint density at radius 3 is 2.75 bits per heavy atom. The normalized spacial score (nSPS) is 15.0. The molecule has 1 aliphatic rings. The number of rotatable bonds is 7. The maximum atomic E-state index is 13.6. The zero-order valence-electron chi connectivity index (χ0n) is 16.3. The molecule has 28 heavy (non-hydrogen) atoms. The van der Waals surface area contributed by atoms with Crippen LogP contribution in [-0.4, -0.2) is 12.6 Å². The van der Waals surface area contributed by atoms with Gasteiger partial charge in [-0.2, -0.15) is 0 Å². The number of fused-ring (bicyclic) bond motifs is 1. The summed E-state index contributed by atoms with van der Waals surface area (Å²) in [6.45, 7) is 6.78. The third kappa shape index (κ3) is 4.64. The van der Waals surface area contributed by atoms with Gasteiger partial charge in [-0.15, -0.1) is 0 Å². The predicted octanol–water partition coefficient (Wildman–Crippen LogP) is 6.04. The molecule has 0 spiro atoms. The Morgan fingerprint density at radius 2 is 2.04 bits per heavy atom. The summed E-state index contributed by atoms with van der Waals surface area (Å²) in [5, 5.41) is 0. The minimum Gasteiger partial charge on any atom is -0.489 e. The standard InChI is InChI=1S/C23H24BrFO3/c1-4-27-23(26)12-16-11-17(25)5-8-22(16)28-13-15-9-20-18(14(2)3)6-7-19(20)21(24)10-15/h5-11,14,18H,4,12-13H2,1-3H3. The number of hydrogen-bond acceptors (Lipinski definition) is 3. The highest BCUT2D eigenvalue weighted by atomic mass is 79.9. The summed E-state index contributed by atoms with van der Waals surface area (Å²) in [5.74, 6) is 0.580. The summed E-state index contributed by atoms with van der Waals surface area (Å²) >= 11 is 3.66. The number of ether oxygens (including phenoxy) is 2. The van der Waals surface area contributed by atoms with Gasteiger partial charge < -0.3 is 9.47 Å². The maximum absolute atomic E-state index is 13.6. The average molecular weight is 447 g/mol. The zero-order valence-corrected chi connectivity index (χ0v) is 17.9. The minimum atomic E-state index is -0.405. The van der Waals surface area contributed by atoms with Gasteiger partial charge in [0.25, 0.3) is 0 Å². The maximum Gasteiger partial charge on any atom is 0.310 e. The molecule has 2 aromatic rings. The highest BCUT2D eigenvalue weighted by molar-refractivity contribution is 9.10. The molecular formula is C23H24BrFO3. The molecule has 1 unspecified atom stereocenters. The van der Waals surface area contributed by atoms with Crippen LogP contribution in [-0.2, 0) is 22.6 Å². The van der Waals surface area contributed by atoms with Crippen molar-refractivity contribution in [2.75, 3.05) is 6.61 Å². The highest BCUT2D eigenvalue weighted by Crippen LogP contribution is 2.39. The molecule has 1 atom stereocenters. The summed E-state index contributed by atoms with van der Waals surface area (Å²) in [6.07, 6.45) is 4.38. The molecule has 0 saturated heterocycles. The third-order valence-electron chi connectivity index (χ3n) is 4.83. The van der Waals surface area contributed by atoms with Crippen molar-refractivity contribution in [2.24, 2.45) is 5.92 Å². The topological polar surface area (TPSA) is 35.5 Å². The zero-order chi connectivity index (χ0) is 20.3. The first-order valence-electron chi connectivity index (χ1n) is 9.46. The number of benzene rings is 2. The van der Waals surface area contributed by atoms with E-state index in [0.29, 0.717) is 36.4 Å². The lowest BCUT2D eigenvalue weighted by molar-refractivity contribution is -0.142. The van der Waals surface area contributed by atoms with E-state index < -0.39 is 11.8 Å². The fraction of sp³-hybridized carbons (Fsp3) is 0.348. The molecule has 0 amide bonds. The molecular weight excluding hydrogens is 423 g/mol. The molecule has 0 radical (unpaired) electrons. The molecule has 3 nitrogen and oxygen atoms in total. The Balaban J connectivity index is 1.79. The van der Waals surface area contributed by atoms with E-state index in [1.54, 1.807) is 13.0 Å². The first-order valence-corrected chi connectivity index (χ1v) is 10.3. The summed E-state index contributed by atoms with van der Waals surface area (Å²) in [4.78, 5) is 11.8. The van der Waals surface area contributed by atoms with Crippen LogP contribution in [0.25, 0.3) is 6.08 Å². The fourth-order valence-corrected chi connectivity index (χ4v) is 4.13. The molecule has 0 aliphatic heterocycles. The Hall–Kier alpha value is -2.14. The number of carbonyl (C=O) groups excluding carboxylic acids is 1. The number of esters is 1. The molecule has 5 heteroatoms. The first-order chi connectivity index (χ1) is 13.4. The van der Waals surface area contributed by atoms with E-state index in [-0.39, 0.29) is 6.42 Å².